The number of carboxylic acids is 1. The molecule has 0 aromatic carbocycles. The molecule has 0 saturated heterocycles. The second-order valence-electron chi connectivity index (χ2n) is 5.14. The molecule has 1 aliphatic carbocycles. The van der Waals surface area contributed by atoms with Crippen LogP contribution in [0.15, 0.2) is 16.7 Å². The van der Waals surface area contributed by atoms with Gasteiger partial charge in [-0.1, -0.05) is 12.8 Å². The van der Waals surface area contributed by atoms with Gasteiger partial charge < -0.3 is 10.4 Å². The Balaban J connectivity index is 2.12. The first-order chi connectivity index (χ1) is 9.49. The van der Waals surface area contributed by atoms with Crippen molar-refractivity contribution in [2.24, 2.45) is 11.8 Å². The molecule has 0 spiro atoms. The monoisotopic (exact) mass is 340 g/mol. The molecule has 2 rings (SSSR count). The van der Waals surface area contributed by atoms with E-state index in [1.54, 1.807) is 6.20 Å². The average molecular weight is 341 g/mol. The van der Waals surface area contributed by atoms with Crippen LogP contribution in [0.5, 0.6) is 0 Å². The van der Waals surface area contributed by atoms with E-state index in [1.165, 1.54) is 0 Å². The molecule has 1 heterocycles. The summed E-state index contributed by atoms with van der Waals surface area (Å²) in [5.41, 5.74) is 0.843. The maximum Gasteiger partial charge on any atom is 0.307 e. The first-order valence-electron chi connectivity index (χ1n) is 6.65. The quantitative estimate of drug-likeness (QED) is 0.886. The molecule has 20 heavy (non-hydrogen) atoms. The summed E-state index contributed by atoms with van der Waals surface area (Å²) in [6, 6.07) is 1.86. The predicted molar refractivity (Wildman–Crippen MR) is 78.4 cm³/mol. The highest BCUT2D eigenvalue weighted by Gasteiger charge is 2.35. The lowest BCUT2D eigenvalue weighted by Gasteiger charge is -2.27. The molecule has 2 atom stereocenters. The van der Waals surface area contributed by atoms with Gasteiger partial charge >= 0.3 is 5.97 Å². The number of aliphatic carboxylic acids is 1. The molecular weight excluding hydrogens is 324 g/mol. The average Bonchev–Trinajstić information content (AvgIpc) is 2.41. The zero-order valence-electron chi connectivity index (χ0n) is 11.2. The van der Waals surface area contributed by atoms with Gasteiger partial charge in [-0.3, -0.25) is 9.59 Å². The molecule has 5 nitrogen and oxygen atoms in total. The standard InChI is InChI=1S/C14H17BrN2O3/c1-8-6-9(15)7-16-12(8)17-13(18)10-4-2-3-5-11(10)14(19)20/h6-7,10-11H,2-5H2,1H3,(H,19,20)(H,16,17,18). The van der Waals surface area contributed by atoms with Crippen molar-refractivity contribution in [3.63, 3.8) is 0 Å². The number of nitrogens with one attached hydrogen (secondary N) is 1. The first-order valence-corrected chi connectivity index (χ1v) is 7.44. The molecule has 1 fully saturated rings. The fourth-order valence-corrected chi connectivity index (χ4v) is 3.07. The van der Waals surface area contributed by atoms with Gasteiger partial charge in [0.15, 0.2) is 0 Å². The Labute approximate surface area is 125 Å². The molecule has 108 valence electrons. The Kier molecular flexibility index (Phi) is 4.75. The van der Waals surface area contributed by atoms with Crippen molar-refractivity contribution >= 4 is 33.6 Å². The number of amides is 1. The van der Waals surface area contributed by atoms with E-state index in [2.05, 4.69) is 26.2 Å². The van der Waals surface area contributed by atoms with E-state index in [4.69, 9.17) is 0 Å². The third kappa shape index (κ3) is 3.36. The van der Waals surface area contributed by atoms with Gasteiger partial charge in [-0.25, -0.2) is 4.98 Å². The van der Waals surface area contributed by atoms with Crippen LogP contribution in [-0.2, 0) is 9.59 Å². The van der Waals surface area contributed by atoms with Crippen molar-refractivity contribution < 1.29 is 14.7 Å². The van der Waals surface area contributed by atoms with Crippen molar-refractivity contribution in [3.05, 3.63) is 22.3 Å². The van der Waals surface area contributed by atoms with Crippen LogP contribution in [-0.4, -0.2) is 22.0 Å². The number of carbonyl (C=O) groups is 2. The lowest BCUT2D eigenvalue weighted by Crippen LogP contribution is -2.36. The highest BCUT2D eigenvalue weighted by molar-refractivity contribution is 9.10. The van der Waals surface area contributed by atoms with Crippen LogP contribution < -0.4 is 5.32 Å². The van der Waals surface area contributed by atoms with Crippen LogP contribution in [0.1, 0.15) is 31.2 Å². The van der Waals surface area contributed by atoms with E-state index < -0.39 is 17.8 Å². The lowest BCUT2D eigenvalue weighted by molar-refractivity contribution is -0.147. The number of nitrogens with zero attached hydrogens (tertiary/aromatic N) is 1. The predicted octanol–water partition coefficient (Wildman–Crippen LogP) is 2.98. The van der Waals surface area contributed by atoms with Gasteiger partial charge in [0.2, 0.25) is 5.91 Å². The van der Waals surface area contributed by atoms with Crippen LogP contribution in [0.2, 0.25) is 0 Å². The number of halogens is 1. The van der Waals surface area contributed by atoms with Gasteiger partial charge in [0, 0.05) is 10.7 Å². The summed E-state index contributed by atoms with van der Waals surface area (Å²) in [5.74, 6) is -1.68. The molecular formula is C14H17BrN2O3. The summed E-state index contributed by atoms with van der Waals surface area (Å²) < 4.78 is 0.842. The van der Waals surface area contributed by atoms with E-state index in [1.807, 2.05) is 13.0 Å². The third-order valence-corrected chi connectivity index (χ3v) is 4.14. The van der Waals surface area contributed by atoms with Gasteiger partial charge in [-0.2, -0.15) is 0 Å². The van der Waals surface area contributed by atoms with Crippen LogP contribution >= 0.6 is 15.9 Å². The summed E-state index contributed by atoms with van der Waals surface area (Å²) in [5, 5.41) is 12.0. The SMILES string of the molecule is Cc1cc(Br)cnc1NC(=O)C1CCCCC1C(=O)O. The topological polar surface area (TPSA) is 79.3 Å². The third-order valence-electron chi connectivity index (χ3n) is 3.71. The van der Waals surface area contributed by atoms with Gasteiger partial charge in [-0.05, 0) is 47.3 Å². The maximum atomic E-state index is 12.3. The molecule has 0 bridgehead atoms. The summed E-state index contributed by atoms with van der Waals surface area (Å²) in [6.45, 7) is 1.85. The van der Waals surface area contributed by atoms with Gasteiger partial charge in [0.25, 0.3) is 0 Å². The van der Waals surface area contributed by atoms with E-state index in [-0.39, 0.29) is 5.91 Å². The smallest absolute Gasteiger partial charge is 0.307 e. The van der Waals surface area contributed by atoms with Gasteiger partial charge in [-0.15, -0.1) is 0 Å². The Bertz CT molecular complexity index is 533. The minimum Gasteiger partial charge on any atom is -0.481 e. The van der Waals surface area contributed by atoms with Gasteiger partial charge in [0.05, 0.1) is 11.8 Å². The zero-order chi connectivity index (χ0) is 14.7. The number of pyridine rings is 1. The molecule has 0 aliphatic heterocycles. The van der Waals surface area contributed by atoms with Crippen LogP contribution in [0.25, 0.3) is 0 Å². The number of aryl methyl sites for hydroxylation is 1. The zero-order valence-corrected chi connectivity index (χ0v) is 12.8. The van der Waals surface area contributed by atoms with E-state index in [0.717, 1.165) is 22.9 Å². The van der Waals surface area contributed by atoms with Crippen molar-refractivity contribution in [3.8, 4) is 0 Å². The second-order valence-corrected chi connectivity index (χ2v) is 6.06. The minimum absolute atomic E-state index is 0.241. The van der Waals surface area contributed by atoms with Crippen LogP contribution in [0, 0.1) is 18.8 Å². The van der Waals surface area contributed by atoms with Crippen molar-refractivity contribution in [2.75, 3.05) is 5.32 Å². The normalized spacial score (nSPS) is 22.3. The van der Waals surface area contributed by atoms with Crippen molar-refractivity contribution in [2.45, 2.75) is 32.6 Å². The summed E-state index contributed by atoms with van der Waals surface area (Å²) in [6.07, 6.45) is 4.57. The summed E-state index contributed by atoms with van der Waals surface area (Å²) >= 11 is 3.31. The number of aromatic nitrogens is 1. The van der Waals surface area contributed by atoms with E-state index >= 15 is 0 Å². The number of hydrogen-bond donors (Lipinski definition) is 2. The number of anilines is 1. The number of hydrogen-bond acceptors (Lipinski definition) is 3. The molecule has 1 amide bonds. The van der Waals surface area contributed by atoms with Crippen molar-refractivity contribution in [1.29, 1.82) is 0 Å². The molecule has 1 aliphatic rings. The molecule has 0 radical (unpaired) electrons. The molecule has 2 unspecified atom stereocenters. The molecule has 2 N–H and O–H groups in total. The van der Waals surface area contributed by atoms with Crippen LogP contribution in [0.4, 0.5) is 5.82 Å². The molecule has 6 heteroatoms. The number of carboxylic acid groups (broad SMARTS) is 1. The Morgan fingerprint density at radius 1 is 1.35 bits per heavy atom. The molecule has 1 aromatic rings. The Morgan fingerprint density at radius 3 is 2.60 bits per heavy atom. The Hall–Kier alpha value is -1.43. The highest BCUT2D eigenvalue weighted by Crippen LogP contribution is 2.31. The number of carbonyl (C=O) groups excluding carboxylic acids is 1. The van der Waals surface area contributed by atoms with Crippen molar-refractivity contribution in [1.82, 2.24) is 4.98 Å². The highest BCUT2D eigenvalue weighted by atomic mass is 79.9. The van der Waals surface area contributed by atoms with Crippen LogP contribution in [0.3, 0.4) is 0 Å². The lowest BCUT2D eigenvalue weighted by atomic mass is 9.78. The molecule has 1 aromatic heterocycles. The number of rotatable bonds is 3. The van der Waals surface area contributed by atoms with E-state index in [0.29, 0.717) is 18.7 Å². The summed E-state index contributed by atoms with van der Waals surface area (Å²) in [4.78, 5) is 27.7. The summed E-state index contributed by atoms with van der Waals surface area (Å²) in [7, 11) is 0. The van der Waals surface area contributed by atoms with Gasteiger partial charge in [0.1, 0.15) is 5.82 Å². The fourth-order valence-electron chi connectivity index (χ4n) is 2.62. The largest absolute Gasteiger partial charge is 0.481 e. The minimum atomic E-state index is -0.884. The fraction of sp³-hybridized carbons (Fsp3) is 0.500. The second kappa shape index (κ2) is 6.35. The molecule has 1 saturated carbocycles. The maximum absolute atomic E-state index is 12.3. The van der Waals surface area contributed by atoms with E-state index in [9.17, 15) is 14.7 Å². The Morgan fingerprint density at radius 2 is 2.00 bits per heavy atom. The first kappa shape index (κ1) is 15.0.